The molecule has 0 saturated carbocycles. The quantitative estimate of drug-likeness (QED) is 0.781. The average molecular weight is 258 g/mol. The Morgan fingerprint density at radius 1 is 1.11 bits per heavy atom. The van der Waals surface area contributed by atoms with Crippen LogP contribution >= 0.6 is 11.3 Å². The summed E-state index contributed by atoms with van der Waals surface area (Å²) in [6, 6.07) is 4.16. The lowest BCUT2D eigenvalue weighted by molar-refractivity contribution is 0.0995. The van der Waals surface area contributed by atoms with Gasteiger partial charge < -0.3 is 10.2 Å². The molecule has 0 atom stereocenters. The summed E-state index contributed by atoms with van der Waals surface area (Å²) in [5, 5.41) is 7.23. The third-order valence-electron chi connectivity index (χ3n) is 3.44. The standard InChI is InChI=1S/C14H14N2OS/c1-8-4-11-13(5-9(8)2)16(3)14(17)10-6-18-7-12(10)15-11/h4-7,15H,1-3H3. The van der Waals surface area contributed by atoms with Gasteiger partial charge in [-0.05, 0) is 37.1 Å². The van der Waals surface area contributed by atoms with Gasteiger partial charge in [0.2, 0.25) is 0 Å². The summed E-state index contributed by atoms with van der Waals surface area (Å²) in [5.41, 5.74) is 5.99. The summed E-state index contributed by atoms with van der Waals surface area (Å²) in [6.45, 7) is 4.15. The lowest BCUT2D eigenvalue weighted by atomic mass is 10.1. The summed E-state index contributed by atoms with van der Waals surface area (Å²) in [5.74, 6) is 0.0424. The first-order valence-electron chi connectivity index (χ1n) is 5.80. The van der Waals surface area contributed by atoms with E-state index in [2.05, 4.69) is 31.3 Å². The van der Waals surface area contributed by atoms with Gasteiger partial charge in [-0.25, -0.2) is 0 Å². The number of hydrogen-bond acceptors (Lipinski definition) is 3. The molecule has 92 valence electrons. The van der Waals surface area contributed by atoms with Crippen LogP contribution in [0.2, 0.25) is 0 Å². The van der Waals surface area contributed by atoms with Crippen LogP contribution in [0.15, 0.2) is 22.9 Å². The smallest absolute Gasteiger partial charge is 0.261 e. The number of nitrogens with zero attached hydrogens (tertiary/aromatic N) is 1. The van der Waals surface area contributed by atoms with Crippen LogP contribution in [0.25, 0.3) is 0 Å². The Kier molecular flexibility index (Phi) is 2.41. The molecule has 0 bridgehead atoms. The van der Waals surface area contributed by atoms with Crippen molar-refractivity contribution in [3.63, 3.8) is 0 Å². The van der Waals surface area contributed by atoms with Crippen molar-refractivity contribution in [1.82, 2.24) is 0 Å². The topological polar surface area (TPSA) is 32.3 Å². The number of benzene rings is 1. The number of amides is 1. The Bertz CT molecular complexity index is 645. The highest BCUT2D eigenvalue weighted by Gasteiger charge is 2.24. The summed E-state index contributed by atoms with van der Waals surface area (Å²) in [7, 11) is 1.82. The summed E-state index contributed by atoms with van der Waals surface area (Å²) in [4.78, 5) is 14.1. The molecule has 1 aromatic heterocycles. The van der Waals surface area contributed by atoms with Crippen molar-refractivity contribution in [1.29, 1.82) is 0 Å². The highest BCUT2D eigenvalue weighted by molar-refractivity contribution is 7.08. The first-order valence-corrected chi connectivity index (χ1v) is 6.74. The Balaban J connectivity index is 2.24. The minimum Gasteiger partial charge on any atom is -0.352 e. The SMILES string of the molecule is Cc1cc2c(cc1C)N(C)C(=O)c1cscc1N2. The molecular formula is C14H14N2OS. The van der Waals surface area contributed by atoms with Crippen LogP contribution in [0.4, 0.5) is 17.1 Å². The molecule has 0 radical (unpaired) electrons. The largest absolute Gasteiger partial charge is 0.352 e. The van der Waals surface area contributed by atoms with Crippen LogP contribution in [-0.2, 0) is 0 Å². The van der Waals surface area contributed by atoms with Crippen LogP contribution in [0.1, 0.15) is 21.5 Å². The van der Waals surface area contributed by atoms with Gasteiger partial charge in [-0.1, -0.05) is 0 Å². The van der Waals surface area contributed by atoms with E-state index in [1.54, 1.807) is 16.2 Å². The van der Waals surface area contributed by atoms with Gasteiger partial charge in [0.15, 0.2) is 0 Å². The van der Waals surface area contributed by atoms with E-state index < -0.39 is 0 Å². The molecule has 2 heterocycles. The molecule has 2 aromatic rings. The van der Waals surface area contributed by atoms with Crippen molar-refractivity contribution in [3.05, 3.63) is 39.6 Å². The second kappa shape index (κ2) is 3.85. The number of hydrogen-bond donors (Lipinski definition) is 1. The molecule has 1 N–H and O–H groups in total. The van der Waals surface area contributed by atoms with E-state index >= 15 is 0 Å². The minimum atomic E-state index is 0.0424. The highest BCUT2D eigenvalue weighted by Crippen LogP contribution is 2.37. The zero-order chi connectivity index (χ0) is 12.9. The van der Waals surface area contributed by atoms with Crippen molar-refractivity contribution >= 4 is 34.3 Å². The predicted molar refractivity (Wildman–Crippen MR) is 76.3 cm³/mol. The van der Waals surface area contributed by atoms with Crippen molar-refractivity contribution in [3.8, 4) is 0 Å². The van der Waals surface area contributed by atoms with Crippen LogP contribution in [0.5, 0.6) is 0 Å². The van der Waals surface area contributed by atoms with Gasteiger partial charge >= 0.3 is 0 Å². The second-order valence-corrected chi connectivity index (χ2v) is 5.39. The number of anilines is 3. The molecule has 1 amide bonds. The molecule has 0 saturated heterocycles. The number of aryl methyl sites for hydroxylation is 2. The number of thiophene rings is 1. The van der Waals surface area contributed by atoms with Crippen molar-refractivity contribution in [2.24, 2.45) is 0 Å². The molecule has 0 spiro atoms. The summed E-state index contributed by atoms with van der Waals surface area (Å²) in [6.07, 6.45) is 0. The molecular weight excluding hydrogens is 244 g/mol. The zero-order valence-electron chi connectivity index (χ0n) is 10.6. The monoisotopic (exact) mass is 258 g/mol. The van der Waals surface area contributed by atoms with E-state index in [-0.39, 0.29) is 5.91 Å². The number of carbonyl (C=O) groups excluding carboxylic acids is 1. The van der Waals surface area contributed by atoms with E-state index in [4.69, 9.17) is 0 Å². The maximum absolute atomic E-state index is 12.3. The fourth-order valence-electron chi connectivity index (χ4n) is 2.17. The van der Waals surface area contributed by atoms with Gasteiger partial charge in [0.1, 0.15) is 0 Å². The summed E-state index contributed by atoms with van der Waals surface area (Å²) < 4.78 is 0. The maximum atomic E-state index is 12.3. The van der Waals surface area contributed by atoms with Gasteiger partial charge in [0, 0.05) is 17.8 Å². The molecule has 0 aliphatic carbocycles. The van der Waals surface area contributed by atoms with E-state index in [1.165, 1.54) is 11.1 Å². The Morgan fingerprint density at radius 3 is 2.61 bits per heavy atom. The van der Waals surface area contributed by atoms with E-state index in [9.17, 15) is 4.79 Å². The molecule has 1 aliphatic rings. The molecule has 0 unspecified atom stereocenters. The normalized spacial score (nSPS) is 13.7. The van der Waals surface area contributed by atoms with Crippen LogP contribution in [-0.4, -0.2) is 13.0 Å². The van der Waals surface area contributed by atoms with E-state index in [1.807, 2.05) is 17.8 Å². The fraction of sp³-hybridized carbons (Fsp3) is 0.214. The molecule has 1 aliphatic heterocycles. The molecule has 3 rings (SSSR count). The van der Waals surface area contributed by atoms with Gasteiger partial charge in [0.25, 0.3) is 5.91 Å². The number of fused-ring (bicyclic) bond motifs is 2. The number of carbonyl (C=O) groups is 1. The zero-order valence-corrected chi connectivity index (χ0v) is 11.4. The van der Waals surface area contributed by atoms with Crippen molar-refractivity contribution in [2.45, 2.75) is 13.8 Å². The Morgan fingerprint density at radius 2 is 1.83 bits per heavy atom. The highest BCUT2D eigenvalue weighted by atomic mass is 32.1. The average Bonchev–Trinajstić information content (AvgIpc) is 2.76. The summed E-state index contributed by atoms with van der Waals surface area (Å²) >= 11 is 1.54. The second-order valence-electron chi connectivity index (χ2n) is 4.64. The van der Waals surface area contributed by atoms with Crippen LogP contribution in [0.3, 0.4) is 0 Å². The fourth-order valence-corrected chi connectivity index (χ4v) is 2.93. The minimum absolute atomic E-state index is 0.0424. The van der Waals surface area contributed by atoms with E-state index in [0.29, 0.717) is 0 Å². The Labute approximate surface area is 110 Å². The third-order valence-corrected chi connectivity index (χ3v) is 4.18. The third kappa shape index (κ3) is 1.53. The lowest BCUT2D eigenvalue weighted by Crippen LogP contribution is -2.25. The van der Waals surface area contributed by atoms with Crippen molar-refractivity contribution < 1.29 is 4.79 Å². The van der Waals surface area contributed by atoms with E-state index in [0.717, 1.165) is 22.6 Å². The molecule has 1 aromatic carbocycles. The molecule has 0 fully saturated rings. The van der Waals surface area contributed by atoms with Crippen LogP contribution in [0, 0.1) is 13.8 Å². The number of nitrogens with one attached hydrogen (secondary N) is 1. The first-order chi connectivity index (χ1) is 8.58. The Hall–Kier alpha value is -1.81. The van der Waals surface area contributed by atoms with Gasteiger partial charge in [0.05, 0.1) is 22.6 Å². The van der Waals surface area contributed by atoms with Crippen molar-refractivity contribution in [2.75, 3.05) is 17.3 Å². The molecule has 3 nitrogen and oxygen atoms in total. The van der Waals surface area contributed by atoms with Gasteiger partial charge in [-0.3, -0.25) is 4.79 Å². The molecule has 4 heteroatoms. The van der Waals surface area contributed by atoms with Gasteiger partial charge in [-0.2, -0.15) is 0 Å². The van der Waals surface area contributed by atoms with Crippen LogP contribution < -0.4 is 10.2 Å². The first kappa shape index (κ1) is 11.3. The predicted octanol–water partition coefficient (Wildman–Crippen LogP) is 3.70. The maximum Gasteiger partial charge on any atom is 0.261 e. The lowest BCUT2D eigenvalue weighted by Gasteiger charge is -2.19. The molecule has 18 heavy (non-hydrogen) atoms. The number of rotatable bonds is 0. The van der Waals surface area contributed by atoms with Gasteiger partial charge in [-0.15, -0.1) is 11.3 Å².